The molecule has 0 aliphatic rings. The van der Waals surface area contributed by atoms with Gasteiger partial charge in [0.1, 0.15) is 11.5 Å². The second kappa shape index (κ2) is 9.82. The second-order valence-corrected chi connectivity index (χ2v) is 6.47. The smallest absolute Gasteiger partial charge is 0.243 e. The van der Waals surface area contributed by atoms with Crippen LogP contribution in [0.4, 0.5) is 5.69 Å². The summed E-state index contributed by atoms with van der Waals surface area (Å²) in [7, 11) is 1.59. The number of halogens is 1. The third-order valence-corrected chi connectivity index (χ3v) is 4.06. The monoisotopic (exact) mass is 420 g/mol. The normalized spacial score (nSPS) is 10.1. The van der Waals surface area contributed by atoms with Crippen molar-refractivity contribution in [3.05, 3.63) is 52.5 Å². The number of amides is 2. The van der Waals surface area contributed by atoms with E-state index in [1.807, 2.05) is 25.1 Å². The molecular weight excluding hydrogens is 400 g/mol. The lowest BCUT2D eigenvalue weighted by molar-refractivity contribution is -0.124. The zero-order valence-corrected chi connectivity index (χ0v) is 16.3. The summed E-state index contributed by atoms with van der Waals surface area (Å²) in [5.74, 6) is 0.866. The molecule has 2 N–H and O–H groups in total. The summed E-state index contributed by atoms with van der Waals surface area (Å²) < 4.78 is 11.5. The van der Waals surface area contributed by atoms with Gasteiger partial charge in [-0.05, 0) is 55.0 Å². The van der Waals surface area contributed by atoms with Crippen molar-refractivity contribution in [2.45, 2.75) is 13.3 Å². The fourth-order valence-corrected chi connectivity index (χ4v) is 2.64. The van der Waals surface area contributed by atoms with Crippen LogP contribution in [0, 0.1) is 6.92 Å². The highest BCUT2D eigenvalue weighted by molar-refractivity contribution is 9.10. The van der Waals surface area contributed by atoms with Crippen LogP contribution < -0.4 is 20.1 Å². The van der Waals surface area contributed by atoms with Gasteiger partial charge < -0.3 is 20.1 Å². The Kier molecular flexibility index (Phi) is 7.47. The Labute approximate surface area is 161 Å². The predicted octanol–water partition coefficient (Wildman–Crippen LogP) is 3.29. The number of carbonyl (C=O) groups is 2. The van der Waals surface area contributed by atoms with Crippen molar-refractivity contribution in [3.63, 3.8) is 0 Å². The third-order valence-electron chi connectivity index (χ3n) is 3.57. The van der Waals surface area contributed by atoms with Crippen LogP contribution in [-0.2, 0) is 9.59 Å². The first kappa shape index (κ1) is 19.8. The maximum Gasteiger partial charge on any atom is 0.243 e. The minimum Gasteiger partial charge on any atom is -0.497 e. The highest BCUT2D eigenvalue weighted by Crippen LogP contribution is 2.20. The molecule has 0 bridgehead atoms. The van der Waals surface area contributed by atoms with Crippen molar-refractivity contribution >= 4 is 33.4 Å². The number of ether oxygens (including phenoxy) is 2. The van der Waals surface area contributed by atoms with E-state index >= 15 is 0 Å². The van der Waals surface area contributed by atoms with Crippen molar-refractivity contribution < 1.29 is 19.1 Å². The Morgan fingerprint density at radius 2 is 1.73 bits per heavy atom. The summed E-state index contributed by atoms with van der Waals surface area (Å²) >= 11 is 3.37. The molecule has 0 spiro atoms. The molecule has 2 rings (SSSR count). The molecule has 138 valence electrons. The van der Waals surface area contributed by atoms with Gasteiger partial charge in [0.25, 0.3) is 0 Å². The van der Waals surface area contributed by atoms with Crippen LogP contribution in [0.1, 0.15) is 12.0 Å². The average molecular weight is 421 g/mol. The Balaban J connectivity index is 1.68. The molecule has 0 unspecified atom stereocenters. The molecule has 0 radical (unpaired) electrons. The van der Waals surface area contributed by atoms with Gasteiger partial charge in [0.2, 0.25) is 11.8 Å². The number of methoxy groups -OCH3 is 1. The zero-order chi connectivity index (χ0) is 18.9. The van der Waals surface area contributed by atoms with Crippen LogP contribution in [0.5, 0.6) is 11.5 Å². The number of hydrogen-bond donors (Lipinski definition) is 2. The number of aryl methyl sites for hydroxylation is 1. The van der Waals surface area contributed by atoms with Gasteiger partial charge in [-0.3, -0.25) is 9.59 Å². The Hall–Kier alpha value is -2.54. The molecule has 6 nitrogen and oxygen atoms in total. The van der Waals surface area contributed by atoms with Crippen molar-refractivity contribution in [2.24, 2.45) is 0 Å². The molecule has 26 heavy (non-hydrogen) atoms. The SMILES string of the molecule is COc1ccc(OCCC(=O)NCC(=O)Nc2ccc(Br)cc2C)cc1. The largest absolute Gasteiger partial charge is 0.497 e. The molecule has 0 fully saturated rings. The molecule has 0 aliphatic carbocycles. The van der Waals surface area contributed by atoms with Crippen LogP contribution in [0.3, 0.4) is 0 Å². The van der Waals surface area contributed by atoms with Gasteiger partial charge >= 0.3 is 0 Å². The average Bonchev–Trinajstić information content (AvgIpc) is 2.63. The van der Waals surface area contributed by atoms with E-state index in [9.17, 15) is 9.59 Å². The first-order chi connectivity index (χ1) is 12.5. The van der Waals surface area contributed by atoms with Gasteiger partial charge in [-0.2, -0.15) is 0 Å². The minimum absolute atomic E-state index is 0.0864. The summed E-state index contributed by atoms with van der Waals surface area (Å²) in [6, 6.07) is 12.7. The molecule has 2 aromatic rings. The van der Waals surface area contributed by atoms with Crippen LogP contribution >= 0.6 is 15.9 Å². The van der Waals surface area contributed by atoms with Gasteiger partial charge in [-0.25, -0.2) is 0 Å². The fourth-order valence-electron chi connectivity index (χ4n) is 2.16. The number of rotatable bonds is 8. The maximum absolute atomic E-state index is 11.9. The summed E-state index contributed by atoms with van der Waals surface area (Å²) in [6.45, 7) is 2.04. The molecule has 0 atom stereocenters. The molecule has 2 amide bonds. The van der Waals surface area contributed by atoms with Gasteiger partial charge in [0.15, 0.2) is 0 Å². The number of anilines is 1. The second-order valence-electron chi connectivity index (χ2n) is 5.56. The van der Waals surface area contributed by atoms with E-state index in [1.165, 1.54) is 0 Å². The van der Waals surface area contributed by atoms with E-state index in [0.29, 0.717) is 5.75 Å². The highest BCUT2D eigenvalue weighted by atomic mass is 79.9. The Bertz CT molecular complexity index is 763. The van der Waals surface area contributed by atoms with E-state index in [1.54, 1.807) is 31.4 Å². The van der Waals surface area contributed by atoms with Gasteiger partial charge in [0.05, 0.1) is 26.7 Å². The molecular formula is C19H21BrN2O4. The quantitative estimate of drug-likeness (QED) is 0.686. The van der Waals surface area contributed by atoms with E-state index in [2.05, 4.69) is 26.6 Å². The molecule has 0 aromatic heterocycles. The van der Waals surface area contributed by atoms with Crippen LogP contribution in [0.25, 0.3) is 0 Å². The van der Waals surface area contributed by atoms with Crippen molar-refractivity contribution in [1.29, 1.82) is 0 Å². The standard InChI is InChI=1S/C19H21BrN2O4/c1-13-11-14(20)3-8-17(13)22-19(24)12-21-18(23)9-10-26-16-6-4-15(25-2)5-7-16/h3-8,11H,9-10,12H2,1-2H3,(H,21,23)(H,22,24). The van der Waals surface area contributed by atoms with Crippen molar-refractivity contribution in [2.75, 3.05) is 25.6 Å². The molecule has 0 aliphatic heterocycles. The summed E-state index contributed by atoms with van der Waals surface area (Å²) in [5.41, 5.74) is 1.65. The molecule has 7 heteroatoms. The Morgan fingerprint density at radius 1 is 1.04 bits per heavy atom. The zero-order valence-electron chi connectivity index (χ0n) is 14.7. The van der Waals surface area contributed by atoms with Crippen molar-refractivity contribution in [3.8, 4) is 11.5 Å². The maximum atomic E-state index is 11.9. The van der Waals surface area contributed by atoms with Gasteiger partial charge in [-0.1, -0.05) is 15.9 Å². The summed E-state index contributed by atoms with van der Waals surface area (Å²) in [5, 5.41) is 5.35. The fraction of sp³-hybridized carbons (Fsp3) is 0.263. The third kappa shape index (κ3) is 6.40. The summed E-state index contributed by atoms with van der Waals surface area (Å²) in [4.78, 5) is 23.7. The van der Waals surface area contributed by atoms with E-state index in [-0.39, 0.29) is 31.4 Å². The topological polar surface area (TPSA) is 76.7 Å². The first-order valence-electron chi connectivity index (χ1n) is 8.07. The van der Waals surface area contributed by atoms with E-state index < -0.39 is 0 Å². The number of carbonyl (C=O) groups excluding carboxylic acids is 2. The first-order valence-corrected chi connectivity index (χ1v) is 8.87. The number of hydrogen-bond acceptors (Lipinski definition) is 4. The Morgan fingerprint density at radius 3 is 2.38 bits per heavy atom. The van der Waals surface area contributed by atoms with Gasteiger partial charge in [0, 0.05) is 10.2 Å². The molecule has 0 heterocycles. The number of benzene rings is 2. The lowest BCUT2D eigenvalue weighted by Gasteiger charge is -2.10. The van der Waals surface area contributed by atoms with Crippen LogP contribution in [0.2, 0.25) is 0 Å². The molecule has 0 saturated carbocycles. The summed E-state index contributed by atoms with van der Waals surface area (Å²) in [6.07, 6.45) is 0.163. The highest BCUT2D eigenvalue weighted by Gasteiger charge is 2.08. The lowest BCUT2D eigenvalue weighted by Crippen LogP contribution is -2.33. The molecule has 0 saturated heterocycles. The van der Waals surface area contributed by atoms with E-state index in [0.717, 1.165) is 21.5 Å². The predicted molar refractivity (Wildman–Crippen MR) is 104 cm³/mol. The van der Waals surface area contributed by atoms with Gasteiger partial charge in [-0.15, -0.1) is 0 Å². The van der Waals surface area contributed by atoms with Crippen LogP contribution in [-0.4, -0.2) is 32.1 Å². The lowest BCUT2D eigenvalue weighted by atomic mass is 10.2. The number of nitrogens with one attached hydrogen (secondary N) is 2. The van der Waals surface area contributed by atoms with Crippen molar-refractivity contribution in [1.82, 2.24) is 5.32 Å². The minimum atomic E-state index is -0.278. The van der Waals surface area contributed by atoms with Crippen LogP contribution in [0.15, 0.2) is 46.9 Å². The molecule has 2 aromatic carbocycles. The van der Waals surface area contributed by atoms with E-state index in [4.69, 9.17) is 9.47 Å².